The molecular formula is C25H24N2O4. The second-order valence-corrected chi connectivity index (χ2v) is 7.22. The van der Waals surface area contributed by atoms with E-state index in [1.807, 2.05) is 50.2 Å². The molecule has 0 atom stereocenters. The van der Waals surface area contributed by atoms with Crippen LogP contribution in [0.4, 0.5) is 0 Å². The van der Waals surface area contributed by atoms with Crippen molar-refractivity contribution < 1.29 is 19.1 Å². The number of Topliss-reactive ketones (excluding diaryl/α,β-unsaturated/α-hetero) is 1. The van der Waals surface area contributed by atoms with Crippen LogP contribution < -0.4 is 4.74 Å². The Morgan fingerprint density at radius 2 is 1.71 bits per heavy atom. The predicted octanol–water partition coefficient (Wildman–Crippen LogP) is 4.27. The van der Waals surface area contributed by atoms with E-state index in [1.54, 1.807) is 7.11 Å². The molecule has 2 aromatic carbocycles. The van der Waals surface area contributed by atoms with Crippen molar-refractivity contribution in [1.29, 1.82) is 5.26 Å². The number of aryl methyl sites for hydroxylation is 2. The standard InChI is InChI=1S/C25H24N2O4/c1-17-14-23(18(2)27(17)13-12-19-6-10-22(30-3)11-7-19)24(28)16-31-25(29)21-8-4-20(15-26)5-9-21/h4-11,14H,12-13,16H2,1-3H3. The van der Waals surface area contributed by atoms with Crippen LogP contribution in [-0.4, -0.2) is 30.0 Å². The monoisotopic (exact) mass is 416 g/mol. The van der Waals surface area contributed by atoms with Crippen LogP contribution in [0.25, 0.3) is 0 Å². The first-order chi connectivity index (χ1) is 14.9. The van der Waals surface area contributed by atoms with Crippen molar-refractivity contribution >= 4 is 11.8 Å². The fourth-order valence-electron chi connectivity index (χ4n) is 3.43. The summed E-state index contributed by atoms with van der Waals surface area (Å²) in [6.07, 6.45) is 0.821. The number of ether oxygens (including phenoxy) is 2. The molecule has 0 aliphatic carbocycles. The maximum atomic E-state index is 12.7. The molecule has 1 heterocycles. The first-order valence-electron chi connectivity index (χ1n) is 9.93. The SMILES string of the molecule is COc1ccc(CCn2c(C)cc(C(=O)COC(=O)c3ccc(C#N)cc3)c2C)cc1. The van der Waals surface area contributed by atoms with E-state index in [0.717, 1.165) is 30.1 Å². The highest BCUT2D eigenvalue weighted by atomic mass is 16.5. The van der Waals surface area contributed by atoms with Crippen molar-refractivity contribution in [1.82, 2.24) is 4.57 Å². The topological polar surface area (TPSA) is 81.3 Å². The molecule has 31 heavy (non-hydrogen) atoms. The smallest absolute Gasteiger partial charge is 0.338 e. The summed E-state index contributed by atoms with van der Waals surface area (Å²) in [6, 6.07) is 17.8. The molecule has 158 valence electrons. The molecule has 3 rings (SSSR count). The van der Waals surface area contributed by atoms with Gasteiger partial charge in [0.2, 0.25) is 5.78 Å². The minimum absolute atomic E-state index is 0.245. The Kier molecular flexibility index (Phi) is 6.88. The third-order valence-corrected chi connectivity index (χ3v) is 5.24. The Morgan fingerprint density at radius 1 is 1.03 bits per heavy atom. The molecule has 0 radical (unpaired) electrons. The van der Waals surface area contributed by atoms with Crippen molar-refractivity contribution in [3.05, 3.63) is 88.2 Å². The third kappa shape index (κ3) is 5.20. The van der Waals surface area contributed by atoms with Gasteiger partial charge in [-0.2, -0.15) is 5.26 Å². The van der Waals surface area contributed by atoms with E-state index < -0.39 is 5.97 Å². The third-order valence-electron chi connectivity index (χ3n) is 5.24. The highest BCUT2D eigenvalue weighted by Crippen LogP contribution is 2.18. The van der Waals surface area contributed by atoms with Crippen LogP contribution in [0.5, 0.6) is 5.75 Å². The molecule has 0 unspecified atom stereocenters. The summed E-state index contributed by atoms with van der Waals surface area (Å²) in [4.78, 5) is 24.8. The Morgan fingerprint density at radius 3 is 2.32 bits per heavy atom. The molecule has 0 N–H and O–H groups in total. The number of ketones is 1. The zero-order valence-corrected chi connectivity index (χ0v) is 17.8. The quantitative estimate of drug-likeness (QED) is 0.405. The number of hydrogen-bond donors (Lipinski definition) is 0. The van der Waals surface area contributed by atoms with Crippen LogP contribution in [0.2, 0.25) is 0 Å². The first kappa shape index (κ1) is 21.8. The minimum Gasteiger partial charge on any atom is -0.497 e. The van der Waals surface area contributed by atoms with Gasteiger partial charge in [0.15, 0.2) is 6.61 Å². The van der Waals surface area contributed by atoms with Gasteiger partial charge in [0.25, 0.3) is 0 Å². The summed E-state index contributed by atoms with van der Waals surface area (Å²) in [7, 11) is 1.64. The number of methoxy groups -OCH3 is 1. The van der Waals surface area contributed by atoms with Crippen LogP contribution in [0.15, 0.2) is 54.6 Å². The molecule has 1 aromatic heterocycles. The van der Waals surface area contributed by atoms with Gasteiger partial charge in [-0.3, -0.25) is 4.79 Å². The van der Waals surface area contributed by atoms with Crippen LogP contribution in [-0.2, 0) is 17.7 Å². The molecule has 0 saturated heterocycles. The van der Waals surface area contributed by atoms with E-state index in [4.69, 9.17) is 14.7 Å². The minimum atomic E-state index is -0.592. The summed E-state index contributed by atoms with van der Waals surface area (Å²) in [5.41, 5.74) is 4.32. The van der Waals surface area contributed by atoms with Gasteiger partial charge >= 0.3 is 5.97 Å². The van der Waals surface area contributed by atoms with Crippen LogP contribution >= 0.6 is 0 Å². The maximum Gasteiger partial charge on any atom is 0.338 e. The summed E-state index contributed by atoms with van der Waals surface area (Å²) in [6.45, 7) is 4.27. The van der Waals surface area contributed by atoms with Crippen molar-refractivity contribution in [3.8, 4) is 11.8 Å². The van der Waals surface area contributed by atoms with Crippen molar-refractivity contribution in [2.24, 2.45) is 0 Å². The summed E-state index contributed by atoms with van der Waals surface area (Å²) < 4.78 is 12.5. The molecule has 0 saturated carbocycles. The molecule has 0 spiro atoms. The molecule has 6 heteroatoms. The molecule has 0 amide bonds. The van der Waals surface area contributed by atoms with Crippen molar-refractivity contribution in [2.45, 2.75) is 26.8 Å². The fraction of sp³-hybridized carbons (Fsp3) is 0.240. The number of rotatable bonds is 8. The Balaban J connectivity index is 1.62. The Hall–Kier alpha value is -3.85. The number of carbonyl (C=O) groups excluding carboxylic acids is 2. The summed E-state index contributed by atoms with van der Waals surface area (Å²) >= 11 is 0. The van der Waals surface area contributed by atoms with Crippen LogP contribution in [0, 0.1) is 25.2 Å². The molecule has 0 bridgehead atoms. The Labute approximate surface area is 181 Å². The van der Waals surface area contributed by atoms with E-state index in [0.29, 0.717) is 16.7 Å². The highest BCUT2D eigenvalue weighted by Gasteiger charge is 2.18. The van der Waals surface area contributed by atoms with Gasteiger partial charge in [-0.1, -0.05) is 12.1 Å². The van der Waals surface area contributed by atoms with E-state index in [9.17, 15) is 9.59 Å². The van der Waals surface area contributed by atoms with E-state index in [-0.39, 0.29) is 12.4 Å². The second kappa shape index (κ2) is 9.77. The number of carbonyl (C=O) groups is 2. The van der Waals surface area contributed by atoms with Crippen LogP contribution in [0.1, 0.15) is 43.2 Å². The predicted molar refractivity (Wildman–Crippen MR) is 116 cm³/mol. The first-order valence-corrected chi connectivity index (χ1v) is 9.93. The number of benzene rings is 2. The van der Waals surface area contributed by atoms with Crippen molar-refractivity contribution in [3.63, 3.8) is 0 Å². The average molecular weight is 416 g/mol. The number of aromatic nitrogens is 1. The summed E-state index contributed by atoms with van der Waals surface area (Å²) in [5, 5.41) is 8.83. The van der Waals surface area contributed by atoms with Gasteiger partial charge in [0, 0.05) is 23.5 Å². The molecule has 0 fully saturated rings. The zero-order valence-electron chi connectivity index (χ0n) is 17.8. The molecule has 3 aromatic rings. The van der Waals surface area contributed by atoms with E-state index >= 15 is 0 Å². The van der Waals surface area contributed by atoms with Crippen LogP contribution in [0.3, 0.4) is 0 Å². The van der Waals surface area contributed by atoms with Gasteiger partial charge in [-0.15, -0.1) is 0 Å². The van der Waals surface area contributed by atoms with Gasteiger partial charge in [-0.25, -0.2) is 4.79 Å². The number of esters is 1. The molecule has 0 aliphatic rings. The van der Waals surface area contributed by atoms with Gasteiger partial charge in [0.1, 0.15) is 5.75 Å². The normalized spacial score (nSPS) is 10.4. The lowest BCUT2D eigenvalue weighted by Gasteiger charge is -2.10. The average Bonchev–Trinajstić information content (AvgIpc) is 3.09. The van der Waals surface area contributed by atoms with Gasteiger partial charge in [-0.05, 0) is 68.3 Å². The van der Waals surface area contributed by atoms with E-state index in [2.05, 4.69) is 4.57 Å². The second-order valence-electron chi connectivity index (χ2n) is 7.22. The number of nitriles is 1. The van der Waals surface area contributed by atoms with Crippen molar-refractivity contribution in [2.75, 3.05) is 13.7 Å². The summed E-state index contributed by atoms with van der Waals surface area (Å²) in [5.74, 6) is -0.0162. The maximum absolute atomic E-state index is 12.7. The van der Waals surface area contributed by atoms with Gasteiger partial charge in [0.05, 0.1) is 24.3 Å². The largest absolute Gasteiger partial charge is 0.497 e. The van der Waals surface area contributed by atoms with E-state index in [1.165, 1.54) is 29.8 Å². The number of hydrogen-bond acceptors (Lipinski definition) is 5. The fourth-order valence-corrected chi connectivity index (χ4v) is 3.43. The molecule has 6 nitrogen and oxygen atoms in total. The Bertz CT molecular complexity index is 1120. The molecular weight excluding hydrogens is 392 g/mol. The van der Waals surface area contributed by atoms with Gasteiger partial charge < -0.3 is 14.0 Å². The lowest BCUT2D eigenvalue weighted by Crippen LogP contribution is -2.15. The lowest BCUT2D eigenvalue weighted by molar-refractivity contribution is 0.0474. The number of nitrogens with zero attached hydrogens (tertiary/aromatic N) is 2. The lowest BCUT2D eigenvalue weighted by atomic mass is 10.1. The zero-order chi connectivity index (χ0) is 22.4. The highest BCUT2D eigenvalue weighted by molar-refractivity contribution is 6.00. The molecule has 0 aliphatic heterocycles.